The van der Waals surface area contributed by atoms with Gasteiger partial charge in [-0.2, -0.15) is 0 Å². The van der Waals surface area contributed by atoms with Crippen molar-refractivity contribution in [1.29, 1.82) is 0 Å². The van der Waals surface area contributed by atoms with Gasteiger partial charge >= 0.3 is 5.97 Å². The molecule has 5 aromatic rings. The van der Waals surface area contributed by atoms with Gasteiger partial charge in [0.2, 0.25) is 47.3 Å². The molecule has 480 valence electrons. The maximum atomic E-state index is 15.1. The number of benzene rings is 3. The number of hydrogen-bond donors (Lipinski definition) is 13. The van der Waals surface area contributed by atoms with Gasteiger partial charge in [0, 0.05) is 61.3 Å². The van der Waals surface area contributed by atoms with E-state index in [9.17, 15) is 43.5 Å². The number of carboxylic acids is 1. The lowest BCUT2D eigenvalue weighted by Crippen LogP contribution is -2.61. The molecule has 16 N–H and O–H groups in total. The minimum atomic E-state index is -1.44. The second kappa shape index (κ2) is 33.8. The van der Waals surface area contributed by atoms with Gasteiger partial charge < -0.3 is 74.4 Å². The first-order valence-corrected chi connectivity index (χ1v) is 30.5. The highest BCUT2D eigenvalue weighted by atomic mass is 16.4. The molecule has 1 saturated heterocycles. The van der Waals surface area contributed by atoms with Crippen LogP contribution in [0.15, 0.2) is 109 Å². The summed E-state index contributed by atoms with van der Waals surface area (Å²) in [6.45, 7) is 11.4. The second-order valence-electron chi connectivity index (χ2n) is 24.1. The van der Waals surface area contributed by atoms with E-state index in [0.29, 0.717) is 23.2 Å². The van der Waals surface area contributed by atoms with Crippen LogP contribution in [0.1, 0.15) is 109 Å². The number of aromatic amines is 2. The van der Waals surface area contributed by atoms with Crippen molar-refractivity contribution >= 4 is 70.1 Å². The van der Waals surface area contributed by atoms with E-state index in [1.165, 1.54) is 17.4 Å². The molecule has 0 saturated carbocycles. The van der Waals surface area contributed by atoms with Crippen LogP contribution in [0.5, 0.6) is 0 Å². The van der Waals surface area contributed by atoms with Crippen LogP contribution in [-0.2, 0) is 68.8 Å². The fourth-order valence-electron chi connectivity index (χ4n) is 10.8. The number of carbonyl (C=O) groups is 9. The lowest BCUT2D eigenvalue weighted by atomic mass is 9.99. The summed E-state index contributed by atoms with van der Waals surface area (Å²) < 4.78 is 0. The number of guanidine groups is 1. The number of fused-ring (bicyclic) bond motifs is 1. The first kappa shape index (κ1) is 69.0. The third kappa shape index (κ3) is 21.6. The van der Waals surface area contributed by atoms with Crippen molar-refractivity contribution in [3.05, 3.63) is 126 Å². The number of nitrogens with one attached hydrogen (secondary N) is 9. The molecule has 0 bridgehead atoms. The number of likely N-dealkylation sites (tertiary alicyclic amines) is 1. The number of hydrogen-bond acceptors (Lipinski definition) is 12. The molecule has 1 aliphatic heterocycles. The van der Waals surface area contributed by atoms with E-state index in [2.05, 4.69) is 57.2 Å². The zero-order chi connectivity index (χ0) is 64.7. The van der Waals surface area contributed by atoms with E-state index in [-0.39, 0.29) is 101 Å². The Labute approximate surface area is 519 Å². The summed E-state index contributed by atoms with van der Waals surface area (Å²) in [5, 5.41) is 30.3. The third-order valence-corrected chi connectivity index (χ3v) is 15.3. The molecular formula is C64H89N15O10. The van der Waals surface area contributed by atoms with Crippen molar-refractivity contribution in [3.63, 3.8) is 0 Å². The zero-order valence-corrected chi connectivity index (χ0v) is 51.6. The van der Waals surface area contributed by atoms with Crippen molar-refractivity contribution in [1.82, 2.24) is 57.1 Å². The predicted molar refractivity (Wildman–Crippen MR) is 337 cm³/mol. The van der Waals surface area contributed by atoms with E-state index < -0.39 is 108 Å². The van der Waals surface area contributed by atoms with E-state index in [1.807, 2.05) is 96.1 Å². The van der Waals surface area contributed by atoms with Crippen LogP contribution in [0.25, 0.3) is 10.9 Å². The number of rotatable bonds is 34. The number of aliphatic imine (C=N–C) groups is 1. The molecule has 0 radical (unpaired) electrons. The van der Waals surface area contributed by atoms with Crippen LogP contribution in [0.2, 0.25) is 0 Å². The molecule has 25 nitrogen and oxygen atoms in total. The lowest BCUT2D eigenvalue weighted by Gasteiger charge is -2.31. The van der Waals surface area contributed by atoms with Gasteiger partial charge in [-0.25, -0.2) is 9.78 Å². The topological polar surface area (TPSA) is 396 Å². The summed E-state index contributed by atoms with van der Waals surface area (Å²) in [6.07, 6.45) is 5.79. The smallest absolute Gasteiger partial charge is 0.326 e. The van der Waals surface area contributed by atoms with Crippen LogP contribution in [-0.4, -0.2) is 152 Å². The zero-order valence-electron chi connectivity index (χ0n) is 51.6. The Hall–Kier alpha value is -9.13. The van der Waals surface area contributed by atoms with Crippen molar-refractivity contribution < 1.29 is 48.3 Å². The summed E-state index contributed by atoms with van der Waals surface area (Å²) in [5.74, 6) is -7.30. The van der Waals surface area contributed by atoms with E-state index >= 15 is 4.79 Å². The number of aromatic nitrogens is 3. The standard InChI is InChI=1S/C64H89N15O10/c1-37(2)27-48(57(82)74-49(31-41-19-11-8-12-20-41)58(83)78-53(63(88)89)29-39(5)6)73-56(81)47(23-15-25-69-64(66)67)72-60(85)51(33-43-35-68-36-71-43)75-59(84)50(32-42-34-70-46-22-14-13-21-44(42)46)76-61(86)54-24-16-26-79(54)62(87)52(28-38(3)4)77-55(80)45(65)30-40-17-9-7-10-18-40/h7-14,17-22,34-39,45,47-54,70H,15-16,23-33,65H2,1-6H3,(H,68,71)(H,72,85)(H,73,81)(H,74,82)(H,75,84)(H,76,86)(H,77,80)(H,78,83)(H,88,89)(H4,66,67,69). The van der Waals surface area contributed by atoms with E-state index in [4.69, 9.17) is 17.2 Å². The van der Waals surface area contributed by atoms with E-state index in [1.54, 1.807) is 36.5 Å². The lowest BCUT2D eigenvalue weighted by molar-refractivity contribution is -0.143. The maximum Gasteiger partial charge on any atom is 0.326 e. The van der Waals surface area contributed by atoms with E-state index in [0.717, 1.165) is 16.5 Å². The summed E-state index contributed by atoms with van der Waals surface area (Å²) in [7, 11) is 0. The molecule has 9 atom stereocenters. The summed E-state index contributed by atoms with van der Waals surface area (Å²) in [6, 6.07) is 14.5. The molecule has 1 aliphatic rings. The largest absolute Gasteiger partial charge is 0.480 e. The Morgan fingerprint density at radius 3 is 1.70 bits per heavy atom. The quantitative estimate of drug-likeness (QED) is 0.0160. The third-order valence-electron chi connectivity index (χ3n) is 15.3. The Kier molecular flexibility index (Phi) is 26.2. The predicted octanol–water partition coefficient (Wildman–Crippen LogP) is 2.15. The molecular weight excluding hydrogens is 1140 g/mol. The Morgan fingerprint density at radius 1 is 0.596 bits per heavy atom. The maximum absolute atomic E-state index is 15.1. The number of nitrogens with zero attached hydrogens (tertiary/aromatic N) is 3. The Balaban J connectivity index is 1.26. The second-order valence-corrected chi connectivity index (χ2v) is 24.1. The molecule has 3 aromatic carbocycles. The first-order chi connectivity index (χ1) is 42.4. The number of carbonyl (C=O) groups excluding carboxylic acids is 8. The molecule has 25 heteroatoms. The number of para-hydroxylation sites is 1. The number of aliphatic carboxylic acids is 1. The summed E-state index contributed by atoms with van der Waals surface area (Å²) >= 11 is 0. The minimum absolute atomic E-state index is 0.0153. The fraction of sp³-hybridized carbons (Fsp3) is 0.484. The molecule has 8 amide bonds. The highest BCUT2D eigenvalue weighted by Crippen LogP contribution is 2.24. The van der Waals surface area contributed by atoms with Gasteiger partial charge in [-0.15, -0.1) is 0 Å². The average molecular weight is 1230 g/mol. The molecule has 89 heavy (non-hydrogen) atoms. The Bertz CT molecular complexity index is 3190. The highest BCUT2D eigenvalue weighted by Gasteiger charge is 2.41. The van der Waals surface area contributed by atoms with Gasteiger partial charge in [-0.05, 0) is 91.9 Å². The van der Waals surface area contributed by atoms with Crippen LogP contribution in [0.3, 0.4) is 0 Å². The molecule has 0 aliphatic carbocycles. The van der Waals surface area contributed by atoms with Crippen molar-refractivity contribution in [2.24, 2.45) is 39.9 Å². The molecule has 0 spiro atoms. The van der Waals surface area contributed by atoms with Crippen LogP contribution < -0.4 is 54.4 Å². The number of amides is 8. The molecule has 2 aromatic heterocycles. The van der Waals surface area contributed by atoms with Gasteiger partial charge in [0.05, 0.1) is 12.4 Å². The monoisotopic (exact) mass is 1230 g/mol. The number of H-pyrrole nitrogens is 2. The molecule has 6 rings (SSSR count). The fourth-order valence-corrected chi connectivity index (χ4v) is 10.8. The van der Waals surface area contributed by atoms with Gasteiger partial charge in [0.25, 0.3) is 0 Å². The highest BCUT2D eigenvalue weighted by molar-refractivity contribution is 5.99. The van der Waals surface area contributed by atoms with Crippen molar-refractivity contribution in [2.45, 2.75) is 167 Å². The van der Waals surface area contributed by atoms with Crippen LogP contribution in [0.4, 0.5) is 0 Å². The molecule has 9 unspecified atom stereocenters. The van der Waals surface area contributed by atoms with Crippen molar-refractivity contribution in [3.8, 4) is 0 Å². The van der Waals surface area contributed by atoms with Gasteiger partial charge in [0.15, 0.2) is 5.96 Å². The number of nitrogens with two attached hydrogens (primary N) is 3. The summed E-state index contributed by atoms with van der Waals surface area (Å²) in [4.78, 5) is 144. The van der Waals surface area contributed by atoms with Gasteiger partial charge in [0.1, 0.15) is 48.3 Å². The van der Waals surface area contributed by atoms with Crippen molar-refractivity contribution in [2.75, 3.05) is 13.1 Å². The Morgan fingerprint density at radius 2 is 1.10 bits per heavy atom. The SMILES string of the molecule is CC(C)CC(NC(=O)C(Cc1ccccc1)NC(=O)C(CC(C)C)NC(=O)C(CCCN=C(N)N)NC(=O)C(Cc1cnc[nH]1)NC(=O)C(Cc1c[nH]c2ccccc12)NC(=O)C1CCCN1C(=O)C(CC(C)C)NC(=O)C(N)Cc1ccccc1)C(=O)O. The van der Waals surface area contributed by atoms with Crippen LogP contribution >= 0.6 is 0 Å². The normalized spacial score (nSPS) is 15.8. The number of carboxylic acid groups (broad SMARTS) is 1. The molecule has 1 fully saturated rings. The number of imidazole rings is 1. The summed E-state index contributed by atoms with van der Waals surface area (Å²) in [5.41, 5.74) is 21.0. The van der Waals surface area contributed by atoms with Crippen LogP contribution in [0, 0.1) is 17.8 Å². The van der Waals surface area contributed by atoms with Gasteiger partial charge in [-0.1, -0.05) is 120 Å². The minimum Gasteiger partial charge on any atom is -0.480 e. The van der Waals surface area contributed by atoms with Gasteiger partial charge in [-0.3, -0.25) is 43.3 Å². The molecule has 3 heterocycles. The average Bonchev–Trinajstić information content (AvgIpc) is 1.98. The first-order valence-electron chi connectivity index (χ1n) is 30.5.